The molecule has 2 atom stereocenters. The monoisotopic (exact) mass is 291 g/mol. The lowest BCUT2D eigenvalue weighted by Gasteiger charge is -2.25. The van der Waals surface area contributed by atoms with Gasteiger partial charge in [-0.2, -0.15) is 0 Å². The number of nitrogens with two attached hydrogens (primary N) is 1. The van der Waals surface area contributed by atoms with E-state index in [1.165, 1.54) is 17.5 Å². The molecule has 1 aromatic heterocycles. The van der Waals surface area contributed by atoms with Gasteiger partial charge in [0.2, 0.25) is 0 Å². The average molecular weight is 291 g/mol. The maximum Gasteiger partial charge on any atom is 0.0955 e. The first-order valence-electron chi connectivity index (χ1n) is 7.24. The highest BCUT2D eigenvalue weighted by molar-refractivity contribution is 7.18. The fourth-order valence-corrected chi connectivity index (χ4v) is 3.69. The zero-order valence-corrected chi connectivity index (χ0v) is 12.5. The van der Waals surface area contributed by atoms with Gasteiger partial charge in [0.25, 0.3) is 0 Å². The van der Waals surface area contributed by atoms with Crippen LogP contribution in [0.25, 0.3) is 10.2 Å². The standard InChI is InChI=1S/C15H21N3OS/c1-2-19-15(10-7-8-10)12(18-16)9-14-17-11-5-3-4-6-13(11)20-14/h3-6,10,12,15,18H,2,7-9,16H2,1H3. The van der Waals surface area contributed by atoms with E-state index in [0.29, 0.717) is 5.92 Å². The summed E-state index contributed by atoms with van der Waals surface area (Å²) in [6.07, 6.45) is 3.54. The molecular formula is C15H21N3OS. The summed E-state index contributed by atoms with van der Waals surface area (Å²) in [5, 5.41) is 1.12. The minimum Gasteiger partial charge on any atom is -0.377 e. The molecule has 5 heteroatoms. The van der Waals surface area contributed by atoms with Gasteiger partial charge < -0.3 is 4.74 Å². The highest BCUT2D eigenvalue weighted by Crippen LogP contribution is 2.36. The fourth-order valence-electron chi connectivity index (χ4n) is 2.66. The number of benzene rings is 1. The number of hydrogen-bond acceptors (Lipinski definition) is 5. The summed E-state index contributed by atoms with van der Waals surface area (Å²) >= 11 is 1.75. The molecule has 0 aliphatic heterocycles. The van der Waals surface area contributed by atoms with Crippen molar-refractivity contribution in [3.8, 4) is 0 Å². The van der Waals surface area contributed by atoms with Gasteiger partial charge in [0.05, 0.1) is 27.4 Å². The Hall–Kier alpha value is -1.01. The number of nitrogens with zero attached hydrogens (tertiary/aromatic N) is 1. The van der Waals surface area contributed by atoms with Gasteiger partial charge in [-0.25, -0.2) is 4.98 Å². The quantitative estimate of drug-likeness (QED) is 0.608. The highest BCUT2D eigenvalue weighted by atomic mass is 32.1. The molecule has 1 heterocycles. The van der Waals surface area contributed by atoms with Crippen molar-refractivity contribution in [1.29, 1.82) is 0 Å². The predicted octanol–water partition coefficient (Wildman–Crippen LogP) is 2.49. The van der Waals surface area contributed by atoms with E-state index in [9.17, 15) is 0 Å². The lowest BCUT2D eigenvalue weighted by atomic mass is 10.0. The number of hydrogen-bond donors (Lipinski definition) is 2. The van der Waals surface area contributed by atoms with E-state index >= 15 is 0 Å². The van der Waals surface area contributed by atoms with Crippen LogP contribution in [0.15, 0.2) is 24.3 Å². The largest absolute Gasteiger partial charge is 0.377 e. The zero-order valence-electron chi connectivity index (χ0n) is 11.7. The molecule has 2 unspecified atom stereocenters. The number of nitrogens with one attached hydrogen (secondary N) is 1. The van der Waals surface area contributed by atoms with Crippen LogP contribution in [0.3, 0.4) is 0 Å². The smallest absolute Gasteiger partial charge is 0.0955 e. The van der Waals surface area contributed by atoms with Gasteiger partial charge in [0.1, 0.15) is 0 Å². The molecule has 0 saturated heterocycles. The second-order valence-electron chi connectivity index (χ2n) is 5.31. The molecule has 0 bridgehead atoms. The summed E-state index contributed by atoms with van der Waals surface area (Å²) in [6, 6.07) is 8.39. The number of thiazole rings is 1. The number of rotatable bonds is 7. The summed E-state index contributed by atoms with van der Waals surface area (Å²) < 4.78 is 7.13. The van der Waals surface area contributed by atoms with E-state index in [4.69, 9.17) is 15.6 Å². The number of fused-ring (bicyclic) bond motifs is 1. The molecule has 20 heavy (non-hydrogen) atoms. The maximum absolute atomic E-state index is 5.90. The van der Waals surface area contributed by atoms with E-state index in [-0.39, 0.29) is 12.1 Å². The lowest BCUT2D eigenvalue weighted by molar-refractivity contribution is 0.0192. The summed E-state index contributed by atoms with van der Waals surface area (Å²) in [7, 11) is 0. The van der Waals surface area contributed by atoms with Crippen molar-refractivity contribution in [1.82, 2.24) is 10.4 Å². The summed E-state index contributed by atoms with van der Waals surface area (Å²) in [5.41, 5.74) is 4.01. The van der Waals surface area contributed by atoms with Crippen molar-refractivity contribution < 1.29 is 4.74 Å². The summed E-state index contributed by atoms with van der Waals surface area (Å²) in [6.45, 7) is 2.78. The second kappa shape index (κ2) is 6.18. The molecule has 1 aliphatic rings. The van der Waals surface area contributed by atoms with Crippen LogP contribution >= 0.6 is 11.3 Å². The van der Waals surface area contributed by atoms with E-state index in [2.05, 4.69) is 23.6 Å². The van der Waals surface area contributed by atoms with E-state index < -0.39 is 0 Å². The van der Waals surface area contributed by atoms with Crippen LogP contribution in [0, 0.1) is 5.92 Å². The molecule has 2 aromatic rings. The lowest BCUT2D eigenvalue weighted by Crippen LogP contribution is -2.47. The molecule has 0 spiro atoms. The first kappa shape index (κ1) is 13.9. The Labute approximate surface area is 123 Å². The summed E-state index contributed by atoms with van der Waals surface area (Å²) in [5.74, 6) is 6.42. The summed E-state index contributed by atoms with van der Waals surface area (Å²) in [4.78, 5) is 4.69. The molecule has 1 aliphatic carbocycles. The topological polar surface area (TPSA) is 60.2 Å². The molecule has 1 aromatic carbocycles. The van der Waals surface area contributed by atoms with Crippen molar-refractivity contribution in [2.24, 2.45) is 11.8 Å². The second-order valence-corrected chi connectivity index (χ2v) is 6.43. The van der Waals surface area contributed by atoms with E-state index in [1.54, 1.807) is 11.3 Å². The van der Waals surface area contributed by atoms with Crippen molar-refractivity contribution in [2.75, 3.05) is 6.61 Å². The number of para-hydroxylation sites is 1. The predicted molar refractivity (Wildman–Crippen MR) is 82.6 cm³/mol. The third-order valence-electron chi connectivity index (χ3n) is 3.79. The molecule has 0 amide bonds. The Balaban J connectivity index is 1.75. The molecule has 108 valence electrons. The van der Waals surface area contributed by atoms with Gasteiger partial charge >= 0.3 is 0 Å². The van der Waals surface area contributed by atoms with Crippen LogP contribution in [0.1, 0.15) is 24.8 Å². The highest BCUT2D eigenvalue weighted by Gasteiger charge is 2.37. The average Bonchev–Trinajstić information content (AvgIpc) is 3.22. The van der Waals surface area contributed by atoms with Crippen LogP contribution in [-0.4, -0.2) is 23.7 Å². The van der Waals surface area contributed by atoms with Crippen LogP contribution < -0.4 is 11.3 Å². The van der Waals surface area contributed by atoms with Crippen LogP contribution in [0.2, 0.25) is 0 Å². The van der Waals surface area contributed by atoms with Gasteiger partial charge in [0, 0.05) is 13.0 Å². The van der Waals surface area contributed by atoms with Crippen molar-refractivity contribution in [2.45, 2.75) is 38.3 Å². The number of hydrazine groups is 1. The van der Waals surface area contributed by atoms with Crippen molar-refractivity contribution in [3.63, 3.8) is 0 Å². The Morgan fingerprint density at radius 3 is 2.90 bits per heavy atom. The van der Waals surface area contributed by atoms with Gasteiger partial charge in [-0.1, -0.05) is 12.1 Å². The van der Waals surface area contributed by atoms with Crippen LogP contribution in [0.5, 0.6) is 0 Å². The Kier molecular flexibility index (Phi) is 4.31. The maximum atomic E-state index is 5.90. The molecule has 0 radical (unpaired) electrons. The molecule has 3 rings (SSSR count). The SMILES string of the molecule is CCOC(C1CC1)C(Cc1nc2ccccc2s1)NN. The van der Waals surface area contributed by atoms with Gasteiger partial charge in [0.15, 0.2) is 0 Å². The van der Waals surface area contributed by atoms with Crippen LogP contribution in [-0.2, 0) is 11.2 Å². The van der Waals surface area contributed by atoms with E-state index in [0.717, 1.165) is 23.6 Å². The minimum absolute atomic E-state index is 0.142. The van der Waals surface area contributed by atoms with Crippen molar-refractivity contribution >= 4 is 21.6 Å². The van der Waals surface area contributed by atoms with Gasteiger partial charge in [-0.05, 0) is 37.8 Å². The minimum atomic E-state index is 0.142. The Morgan fingerprint density at radius 2 is 2.25 bits per heavy atom. The molecule has 3 N–H and O–H groups in total. The molecular weight excluding hydrogens is 270 g/mol. The van der Waals surface area contributed by atoms with Crippen LogP contribution in [0.4, 0.5) is 0 Å². The van der Waals surface area contributed by atoms with Crippen molar-refractivity contribution in [3.05, 3.63) is 29.3 Å². The molecule has 4 nitrogen and oxygen atoms in total. The first-order valence-corrected chi connectivity index (χ1v) is 8.05. The third-order valence-corrected chi connectivity index (χ3v) is 4.85. The van der Waals surface area contributed by atoms with E-state index in [1.807, 2.05) is 13.0 Å². The number of ether oxygens (including phenoxy) is 1. The normalized spacial score (nSPS) is 18.3. The molecule has 1 fully saturated rings. The Bertz CT molecular complexity index is 534. The zero-order chi connectivity index (χ0) is 13.9. The third kappa shape index (κ3) is 3.01. The first-order chi connectivity index (χ1) is 9.81. The van der Waals surface area contributed by atoms with Gasteiger partial charge in [-0.15, -0.1) is 11.3 Å². The number of aromatic nitrogens is 1. The Morgan fingerprint density at radius 1 is 1.45 bits per heavy atom. The molecule has 1 saturated carbocycles. The fraction of sp³-hybridized carbons (Fsp3) is 0.533. The van der Waals surface area contributed by atoms with Gasteiger partial charge in [-0.3, -0.25) is 11.3 Å².